The number of hydrogen-bond donors (Lipinski definition) is 4. The van der Waals surface area contributed by atoms with Gasteiger partial charge in [-0.3, -0.25) is 9.99 Å². The number of nitriles is 1. The van der Waals surface area contributed by atoms with Gasteiger partial charge in [0.1, 0.15) is 11.9 Å². The highest BCUT2D eigenvalue weighted by molar-refractivity contribution is 6.36. The highest BCUT2D eigenvalue weighted by atomic mass is 35.5. The molecular weight excluding hydrogens is 553 g/mol. The monoisotopic (exact) mass is 576 g/mol. The lowest BCUT2D eigenvalue weighted by molar-refractivity contribution is 0.226. The van der Waals surface area contributed by atoms with E-state index in [9.17, 15) is 18.4 Å². The molecule has 1 aliphatic heterocycles. The smallest absolute Gasteiger partial charge is 0.249 e. The van der Waals surface area contributed by atoms with Crippen LogP contribution in [0.2, 0.25) is 5.02 Å². The molecule has 2 aliphatic rings. The van der Waals surface area contributed by atoms with Crippen molar-refractivity contribution in [2.75, 3.05) is 17.2 Å². The van der Waals surface area contributed by atoms with Gasteiger partial charge in [-0.05, 0) is 48.1 Å². The summed E-state index contributed by atoms with van der Waals surface area (Å²) in [7, 11) is 0. The Hall–Kier alpha value is -4.53. The predicted molar refractivity (Wildman–Crippen MR) is 150 cm³/mol. The molecule has 3 heterocycles. The number of anilines is 3. The van der Waals surface area contributed by atoms with Crippen LogP contribution in [0.3, 0.4) is 0 Å². The summed E-state index contributed by atoms with van der Waals surface area (Å²) in [5, 5.41) is 19.0. The maximum absolute atomic E-state index is 13.9. The maximum Gasteiger partial charge on any atom is 0.249 e. The molecule has 12 heteroatoms. The summed E-state index contributed by atoms with van der Waals surface area (Å²) >= 11 is 6.66. The van der Waals surface area contributed by atoms with Crippen molar-refractivity contribution in [1.29, 1.82) is 5.26 Å². The SMILES string of the molecule is CC1(CN2C=C([C@@H](Nc3cc(Cl)c4ncc(C#N)c(Nc5cnc(F)c(F)c5)c4c3)c3ccc(F)cc3)NN2)CC1. The normalized spacial score (nSPS) is 16.1. The molecule has 1 atom stereocenters. The van der Waals surface area contributed by atoms with Crippen molar-refractivity contribution in [3.05, 3.63) is 100 Å². The summed E-state index contributed by atoms with van der Waals surface area (Å²) < 4.78 is 41.1. The molecule has 0 spiro atoms. The lowest BCUT2D eigenvalue weighted by atomic mass is 10.0. The van der Waals surface area contributed by atoms with Crippen molar-refractivity contribution in [2.45, 2.75) is 25.8 Å². The highest BCUT2D eigenvalue weighted by Gasteiger charge is 2.39. The van der Waals surface area contributed by atoms with Crippen LogP contribution in [0.15, 0.2) is 66.8 Å². The zero-order valence-electron chi connectivity index (χ0n) is 21.8. The van der Waals surface area contributed by atoms with E-state index in [0.29, 0.717) is 27.3 Å². The second-order valence-corrected chi connectivity index (χ2v) is 10.9. The van der Waals surface area contributed by atoms with Crippen molar-refractivity contribution in [2.24, 2.45) is 5.41 Å². The Bertz CT molecular complexity index is 1720. The first-order valence-electron chi connectivity index (χ1n) is 12.8. The Kier molecular flexibility index (Phi) is 6.81. The number of fused-ring (bicyclic) bond motifs is 1. The fourth-order valence-electron chi connectivity index (χ4n) is 4.74. The molecule has 0 amide bonds. The van der Waals surface area contributed by atoms with Crippen LogP contribution >= 0.6 is 11.6 Å². The molecule has 2 aromatic heterocycles. The van der Waals surface area contributed by atoms with Gasteiger partial charge in [-0.1, -0.05) is 30.7 Å². The predicted octanol–water partition coefficient (Wildman–Crippen LogP) is 6.44. The summed E-state index contributed by atoms with van der Waals surface area (Å²) in [6, 6.07) is 12.2. The zero-order valence-corrected chi connectivity index (χ0v) is 22.5. The number of hydrazine groups is 2. The van der Waals surface area contributed by atoms with Crippen LogP contribution in [0.1, 0.15) is 36.9 Å². The number of halogens is 4. The average Bonchev–Trinajstić information content (AvgIpc) is 3.50. The van der Waals surface area contributed by atoms with Gasteiger partial charge < -0.3 is 16.1 Å². The number of nitrogens with one attached hydrogen (secondary N) is 4. The van der Waals surface area contributed by atoms with Crippen LogP contribution in [-0.4, -0.2) is 21.5 Å². The van der Waals surface area contributed by atoms with E-state index in [-0.39, 0.29) is 22.5 Å². The van der Waals surface area contributed by atoms with E-state index in [1.807, 2.05) is 11.2 Å². The van der Waals surface area contributed by atoms with Gasteiger partial charge in [-0.15, -0.1) is 5.53 Å². The Balaban J connectivity index is 1.39. The topological polar surface area (TPSA) is 101 Å². The number of rotatable bonds is 8. The van der Waals surface area contributed by atoms with E-state index in [4.69, 9.17) is 11.6 Å². The number of nitrogens with zero attached hydrogens (tertiary/aromatic N) is 4. The second kappa shape index (κ2) is 10.5. The number of hydrogen-bond acceptors (Lipinski definition) is 8. The highest BCUT2D eigenvalue weighted by Crippen LogP contribution is 2.45. The molecule has 4 N–H and O–H groups in total. The van der Waals surface area contributed by atoms with Gasteiger partial charge >= 0.3 is 0 Å². The summed E-state index contributed by atoms with van der Waals surface area (Å²) in [5.74, 6) is -2.72. The van der Waals surface area contributed by atoms with Gasteiger partial charge in [0, 0.05) is 36.1 Å². The van der Waals surface area contributed by atoms with Gasteiger partial charge in [0.2, 0.25) is 5.95 Å². The van der Waals surface area contributed by atoms with Crippen molar-refractivity contribution in [1.82, 2.24) is 25.9 Å². The standard InChI is InChI=1S/C29H24ClF3N8/c1-29(6-7-29)15-41-14-24(39-40-41)26(16-2-4-18(31)5-3-16)37-19-8-21-25(38-20-10-23(32)28(33)36-13-20)17(11-34)12-35-27(21)22(30)9-19/h2-5,8-10,12-14,26,37,39-40H,6-7,15H2,1H3,(H,35,38)/t26-/m0/s1. The lowest BCUT2D eigenvalue weighted by Gasteiger charge is -2.22. The number of benzene rings is 2. The van der Waals surface area contributed by atoms with E-state index in [1.54, 1.807) is 24.3 Å². The van der Waals surface area contributed by atoms with Crippen molar-refractivity contribution < 1.29 is 13.2 Å². The Labute approximate surface area is 238 Å². The fraction of sp³-hybridized carbons (Fsp3) is 0.207. The molecule has 41 heavy (non-hydrogen) atoms. The van der Waals surface area contributed by atoms with Crippen LogP contribution in [0.25, 0.3) is 10.9 Å². The molecule has 1 aliphatic carbocycles. The van der Waals surface area contributed by atoms with Gasteiger partial charge in [0.05, 0.1) is 45.4 Å². The molecule has 1 saturated carbocycles. The molecule has 208 valence electrons. The quantitative estimate of drug-likeness (QED) is 0.178. The molecule has 0 unspecified atom stereocenters. The summed E-state index contributed by atoms with van der Waals surface area (Å²) in [5.41, 5.74) is 9.85. The summed E-state index contributed by atoms with van der Waals surface area (Å²) in [6.07, 6.45) is 6.79. The maximum atomic E-state index is 13.9. The van der Waals surface area contributed by atoms with Crippen LogP contribution < -0.4 is 21.6 Å². The van der Waals surface area contributed by atoms with Gasteiger partial charge in [-0.25, -0.2) is 13.8 Å². The molecule has 0 bridgehead atoms. The zero-order chi connectivity index (χ0) is 28.7. The van der Waals surface area contributed by atoms with Gasteiger partial charge in [0.25, 0.3) is 0 Å². The van der Waals surface area contributed by atoms with Crippen LogP contribution in [0.5, 0.6) is 0 Å². The molecule has 8 nitrogen and oxygen atoms in total. The Morgan fingerprint density at radius 1 is 1.10 bits per heavy atom. The third-order valence-corrected chi connectivity index (χ3v) is 7.52. The first-order valence-corrected chi connectivity index (χ1v) is 13.2. The van der Waals surface area contributed by atoms with E-state index in [0.717, 1.165) is 30.1 Å². The molecular formula is C29H24ClF3N8. The average molecular weight is 577 g/mol. The Morgan fingerprint density at radius 2 is 1.88 bits per heavy atom. The fourth-order valence-corrected chi connectivity index (χ4v) is 5.01. The molecule has 6 rings (SSSR count). The number of aromatic nitrogens is 2. The Morgan fingerprint density at radius 3 is 2.59 bits per heavy atom. The first-order chi connectivity index (χ1) is 19.7. The molecule has 1 fully saturated rings. The molecule has 2 aromatic carbocycles. The minimum Gasteiger partial charge on any atom is -0.373 e. The molecule has 4 aromatic rings. The van der Waals surface area contributed by atoms with Crippen molar-refractivity contribution in [3.8, 4) is 6.07 Å². The van der Waals surface area contributed by atoms with Crippen LogP contribution in [0.4, 0.5) is 30.2 Å². The van der Waals surface area contributed by atoms with E-state index in [2.05, 4.69) is 44.6 Å². The van der Waals surface area contributed by atoms with Gasteiger partial charge in [0.15, 0.2) is 5.82 Å². The van der Waals surface area contributed by atoms with Crippen molar-refractivity contribution >= 4 is 39.6 Å². The van der Waals surface area contributed by atoms with Crippen LogP contribution in [0, 0.1) is 34.3 Å². The van der Waals surface area contributed by atoms with E-state index in [1.165, 1.54) is 31.2 Å². The third kappa shape index (κ3) is 5.57. The van der Waals surface area contributed by atoms with Crippen LogP contribution in [-0.2, 0) is 0 Å². The number of pyridine rings is 2. The lowest BCUT2D eigenvalue weighted by Crippen LogP contribution is -2.40. The first kappa shape index (κ1) is 26.7. The minimum absolute atomic E-state index is 0.141. The second-order valence-electron chi connectivity index (χ2n) is 10.5. The van der Waals surface area contributed by atoms with Crippen molar-refractivity contribution in [3.63, 3.8) is 0 Å². The van der Waals surface area contributed by atoms with Gasteiger partial charge in [-0.2, -0.15) is 9.65 Å². The minimum atomic E-state index is -1.23. The van der Waals surface area contributed by atoms with E-state index >= 15 is 0 Å². The summed E-state index contributed by atoms with van der Waals surface area (Å²) in [6.45, 7) is 3.07. The largest absolute Gasteiger partial charge is 0.373 e. The summed E-state index contributed by atoms with van der Waals surface area (Å²) in [4.78, 5) is 7.76. The van der Waals surface area contributed by atoms with E-state index < -0.39 is 17.8 Å². The molecule has 0 radical (unpaired) electrons. The third-order valence-electron chi connectivity index (χ3n) is 7.23. The molecule has 0 saturated heterocycles.